The second-order valence-corrected chi connectivity index (χ2v) is 12.5. The standard InChI is InChI=1S/C27H45NO2/c1-17(2)7-6-8-18(3)21-9-10-22-20-16-25(29)24-15-19(28-30)11-13-27(24,5)23(20)12-14-26(21,22)4/h17-18,20-24,30H,6-16H2,1-5H3/b28-19+/t18-,20+,21-,22+,23+,24-,26-,27-/m1/s1. The summed E-state index contributed by atoms with van der Waals surface area (Å²) in [6.45, 7) is 12.2. The molecule has 0 unspecified atom stereocenters. The minimum Gasteiger partial charge on any atom is -0.411 e. The van der Waals surface area contributed by atoms with Crippen molar-refractivity contribution < 1.29 is 10.0 Å². The molecule has 4 fully saturated rings. The lowest BCUT2D eigenvalue weighted by Gasteiger charge is -2.60. The maximum Gasteiger partial charge on any atom is 0.137 e. The predicted octanol–water partition coefficient (Wildman–Crippen LogP) is 7.12. The first-order valence-electron chi connectivity index (χ1n) is 12.9. The van der Waals surface area contributed by atoms with Crippen LogP contribution in [0.2, 0.25) is 0 Å². The highest BCUT2D eigenvalue weighted by atomic mass is 16.4. The number of ketones is 1. The quantitative estimate of drug-likeness (QED) is 0.384. The van der Waals surface area contributed by atoms with E-state index in [9.17, 15) is 10.0 Å². The molecule has 0 amide bonds. The van der Waals surface area contributed by atoms with E-state index in [1.54, 1.807) is 0 Å². The Morgan fingerprint density at radius 3 is 2.43 bits per heavy atom. The lowest BCUT2D eigenvalue weighted by molar-refractivity contribution is -0.150. The van der Waals surface area contributed by atoms with Crippen molar-refractivity contribution in [2.75, 3.05) is 0 Å². The summed E-state index contributed by atoms with van der Waals surface area (Å²) in [5, 5.41) is 12.8. The van der Waals surface area contributed by atoms with Gasteiger partial charge in [-0.25, -0.2) is 0 Å². The van der Waals surface area contributed by atoms with Crippen LogP contribution in [0.4, 0.5) is 0 Å². The molecule has 8 atom stereocenters. The molecule has 170 valence electrons. The van der Waals surface area contributed by atoms with Crippen LogP contribution < -0.4 is 0 Å². The molecule has 3 nitrogen and oxygen atoms in total. The predicted molar refractivity (Wildman–Crippen MR) is 123 cm³/mol. The molecule has 0 bridgehead atoms. The van der Waals surface area contributed by atoms with Gasteiger partial charge in [-0.05, 0) is 91.3 Å². The van der Waals surface area contributed by atoms with Gasteiger partial charge in [0.25, 0.3) is 0 Å². The molecule has 1 N–H and O–H groups in total. The van der Waals surface area contributed by atoms with Crippen LogP contribution in [-0.2, 0) is 4.79 Å². The lowest BCUT2D eigenvalue weighted by atomic mass is 9.44. The fraction of sp³-hybridized carbons (Fsp3) is 0.926. The van der Waals surface area contributed by atoms with Crippen LogP contribution in [0.5, 0.6) is 0 Å². The molecule has 0 heterocycles. The number of rotatable bonds is 5. The zero-order valence-electron chi connectivity index (χ0n) is 20.1. The number of hydrogen-bond donors (Lipinski definition) is 1. The van der Waals surface area contributed by atoms with Crippen LogP contribution in [0.15, 0.2) is 5.16 Å². The van der Waals surface area contributed by atoms with E-state index in [0.29, 0.717) is 29.5 Å². The molecule has 0 aliphatic heterocycles. The Labute approximate surface area is 184 Å². The average Bonchev–Trinajstić information content (AvgIpc) is 3.05. The highest BCUT2D eigenvalue weighted by Gasteiger charge is 2.62. The van der Waals surface area contributed by atoms with Crippen molar-refractivity contribution in [2.24, 2.45) is 57.4 Å². The second kappa shape index (κ2) is 8.24. The minimum atomic E-state index is 0.0925. The van der Waals surface area contributed by atoms with Gasteiger partial charge in [-0.3, -0.25) is 4.79 Å². The van der Waals surface area contributed by atoms with Crippen LogP contribution in [0.1, 0.15) is 105 Å². The van der Waals surface area contributed by atoms with Crippen molar-refractivity contribution >= 4 is 11.5 Å². The SMILES string of the molecule is CC(C)CCC[C@@H](C)[C@H]1CC[C@H]2[C@@H]3CC(=O)[C@H]4C/C(=N/O)CC[C@]4(C)[C@H]3CC[C@]12C. The van der Waals surface area contributed by atoms with Crippen LogP contribution in [0.3, 0.4) is 0 Å². The van der Waals surface area contributed by atoms with Crippen LogP contribution in [0, 0.1) is 52.3 Å². The van der Waals surface area contributed by atoms with Crippen molar-refractivity contribution in [3.8, 4) is 0 Å². The third-order valence-corrected chi connectivity index (χ3v) is 10.6. The largest absolute Gasteiger partial charge is 0.411 e. The summed E-state index contributed by atoms with van der Waals surface area (Å²) >= 11 is 0. The minimum absolute atomic E-state index is 0.0925. The molecule has 4 saturated carbocycles. The summed E-state index contributed by atoms with van der Waals surface area (Å²) in [6, 6.07) is 0. The molecular weight excluding hydrogens is 370 g/mol. The first kappa shape index (κ1) is 22.3. The van der Waals surface area contributed by atoms with Gasteiger partial charge >= 0.3 is 0 Å². The molecule has 0 aromatic carbocycles. The molecule has 0 saturated heterocycles. The number of Topliss-reactive ketones (excluding diaryl/α,β-unsaturated/α-hetero) is 1. The number of carbonyl (C=O) groups is 1. The Morgan fingerprint density at radius 2 is 1.73 bits per heavy atom. The van der Waals surface area contributed by atoms with E-state index < -0.39 is 0 Å². The second-order valence-electron chi connectivity index (χ2n) is 12.5. The van der Waals surface area contributed by atoms with Crippen molar-refractivity contribution in [3.63, 3.8) is 0 Å². The van der Waals surface area contributed by atoms with Gasteiger partial charge in [0.15, 0.2) is 0 Å². The van der Waals surface area contributed by atoms with Gasteiger partial charge in [-0.2, -0.15) is 0 Å². The van der Waals surface area contributed by atoms with Crippen LogP contribution in [0.25, 0.3) is 0 Å². The normalized spacial score (nSPS) is 45.9. The topological polar surface area (TPSA) is 49.7 Å². The van der Waals surface area contributed by atoms with E-state index in [-0.39, 0.29) is 11.3 Å². The van der Waals surface area contributed by atoms with E-state index in [1.807, 2.05) is 0 Å². The Morgan fingerprint density at radius 1 is 1.00 bits per heavy atom. The van der Waals surface area contributed by atoms with Gasteiger partial charge in [-0.1, -0.05) is 59.0 Å². The first-order chi connectivity index (χ1) is 14.2. The van der Waals surface area contributed by atoms with Gasteiger partial charge in [0.1, 0.15) is 5.78 Å². The van der Waals surface area contributed by atoms with E-state index in [4.69, 9.17) is 0 Å². The third kappa shape index (κ3) is 3.56. The molecular formula is C27H45NO2. The number of fused-ring (bicyclic) bond motifs is 5. The highest BCUT2D eigenvalue weighted by molar-refractivity contribution is 5.93. The summed E-state index contributed by atoms with van der Waals surface area (Å²) in [7, 11) is 0. The van der Waals surface area contributed by atoms with E-state index in [2.05, 4.69) is 39.8 Å². The Bertz CT molecular complexity index is 684. The molecule has 0 radical (unpaired) electrons. The summed E-state index contributed by atoms with van der Waals surface area (Å²) in [6.07, 6.45) is 12.9. The molecule has 0 aromatic rings. The van der Waals surface area contributed by atoms with E-state index in [1.165, 1.54) is 44.9 Å². The van der Waals surface area contributed by atoms with Crippen molar-refractivity contribution in [1.82, 2.24) is 0 Å². The maximum atomic E-state index is 13.3. The van der Waals surface area contributed by atoms with Gasteiger partial charge < -0.3 is 5.21 Å². The smallest absolute Gasteiger partial charge is 0.137 e. The summed E-state index contributed by atoms with van der Waals surface area (Å²) in [5.41, 5.74) is 1.41. The molecule has 3 heteroatoms. The van der Waals surface area contributed by atoms with Gasteiger partial charge in [0, 0.05) is 12.3 Å². The van der Waals surface area contributed by atoms with Crippen molar-refractivity contribution in [1.29, 1.82) is 0 Å². The Balaban J connectivity index is 1.51. The fourth-order valence-electron chi connectivity index (χ4n) is 8.97. The summed E-state index contributed by atoms with van der Waals surface area (Å²) in [4.78, 5) is 13.3. The fourth-order valence-corrected chi connectivity index (χ4v) is 8.97. The number of hydrogen-bond acceptors (Lipinski definition) is 3. The zero-order chi connectivity index (χ0) is 21.7. The van der Waals surface area contributed by atoms with Gasteiger partial charge in [0.2, 0.25) is 0 Å². The number of carbonyl (C=O) groups excluding carboxylic acids is 1. The average molecular weight is 416 g/mol. The van der Waals surface area contributed by atoms with Crippen LogP contribution in [-0.4, -0.2) is 16.7 Å². The molecule has 30 heavy (non-hydrogen) atoms. The summed E-state index contributed by atoms with van der Waals surface area (Å²) < 4.78 is 0. The Hall–Kier alpha value is -0.860. The molecule has 4 aliphatic carbocycles. The number of nitrogens with zero attached hydrogens (tertiary/aromatic N) is 1. The summed E-state index contributed by atoms with van der Waals surface area (Å²) in [5.74, 6) is 5.06. The first-order valence-corrected chi connectivity index (χ1v) is 12.9. The highest BCUT2D eigenvalue weighted by Crippen LogP contribution is 2.67. The van der Waals surface area contributed by atoms with Crippen molar-refractivity contribution in [2.45, 2.75) is 105 Å². The molecule has 0 spiro atoms. The lowest BCUT2D eigenvalue weighted by Crippen LogP contribution is -2.56. The van der Waals surface area contributed by atoms with Gasteiger partial charge in [-0.15, -0.1) is 0 Å². The van der Waals surface area contributed by atoms with E-state index in [0.717, 1.165) is 48.6 Å². The van der Waals surface area contributed by atoms with E-state index >= 15 is 0 Å². The monoisotopic (exact) mass is 415 g/mol. The maximum absolute atomic E-state index is 13.3. The zero-order valence-corrected chi connectivity index (χ0v) is 20.1. The number of oxime groups is 1. The molecule has 0 aromatic heterocycles. The Kier molecular flexibility index (Phi) is 6.14. The van der Waals surface area contributed by atoms with Crippen LogP contribution >= 0.6 is 0 Å². The molecule has 4 aliphatic rings. The molecule has 4 rings (SSSR count). The third-order valence-electron chi connectivity index (χ3n) is 10.6. The van der Waals surface area contributed by atoms with Crippen molar-refractivity contribution in [3.05, 3.63) is 0 Å². The van der Waals surface area contributed by atoms with Gasteiger partial charge in [0.05, 0.1) is 5.71 Å².